The number of alkyl halides is 3. The van der Waals surface area contributed by atoms with Gasteiger partial charge < -0.3 is 14.6 Å². The highest BCUT2D eigenvalue weighted by Crippen LogP contribution is 2.40. The van der Waals surface area contributed by atoms with E-state index in [1.165, 1.54) is 6.20 Å². The fraction of sp³-hybridized carbons (Fsp3) is 0.154. The summed E-state index contributed by atoms with van der Waals surface area (Å²) in [4.78, 5) is 7.82. The molecule has 1 aliphatic rings. The number of aromatic nitrogens is 3. The molecule has 120 valence electrons. The fourth-order valence-corrected chi connectivity index (χ4v) is 2.38. The molecule has 23 heavy (non-hydrogen) atoms. The van der Waals surface area contributed by atoms with Gasteiger partial charge >= 0.3 is 6.18 Å². The van der Waals surface area contributed by atoms with Crippen LogP contribution >= 0.6 is 11.5 Å². The van der Waals surface area contributed by atoms with Crippen LogP contribution in [0.5, 0.6) is 11.1 Å². The van der Waals surface area contributed by atoms with E-state index in [1.807, 2.05) is 0 Å². The van der Waals surface area contributed by atoms with Crippen LogP contribution < -0.4 is 4.74 Å². The zero-order valence-corrected chi connectivity index (χ0v) is 12.1. The van der Waals surface area contributed by atoms with Crippen molar-refractivity contribution in [1.29, 1.82) is 0 Å². The number of ether oxygens (including phenoxy) is 2. The van der Waals surface area contributed by atoms with Crippen LogP contribution in [0.15, 0.2) is 42.0 Å². The van der Waals surface area contributed by atoms with E-state index in [0.29, 0.717) is 0 Å². The molecule has 1 N–H and O–H groups in total. The summed E-state index contributed by atoms with van der Waals surface area (Å²) in [6, 6.07) is 4.95. The van der Waals surface area contributed by atoms with E-state index in [-0.39, 0.29) is 29.1 Å². The van der Waals surface area contributed by atoms with E-state index in [2.05, 4.69) is 19.1 Å². The van der Waals surface area contributed by atoms with E-state index in [9.17, 15) is 18.3 Å². The number of nitrogens with zero attached hydrogens (tertiary/aromatic N) is 3. The van der Waals surface area contributed by atoms with Crippen LogP contribution in [0, 0.1) is 0 Å². The van der Waals surface area contributed by atoms with Crippen LogP contribution in [0.25, 0.3) is 5.57 Å². The summed E-state index contributed by atoms with van der Waals surface area (Å²) in [5, 5.41) is 9.42. The summed E-state index contributed by atoms with van der Waals surface area (Å²) in [5.74, 6) is -1.16. The van der Waals surface area contributed by atoms with Crippen LogP contribution in [0.4, 0.5) is 13.2 Å². The van der Waals surface area contributed by atoms with Crippen LogP contribution in [-0.2, 0) is 4.74 Å². The minimum atomic E-state index is -4.80. The third-order valence-corrected chi connectivity index (χ3v) is 3.35. The molecule has 10 heteroatoms. The van der Waals surface area contributed by atoms with Crippen molar-refractivity contribution in [3.63, 3.8) is 0 Å². The Morgan fingerprint density at radius 3 is 2.83 bits per heavy atom. The minimum absolute atomic E-state index is 0.0344. The molecular formula is C13H8F3N3O3S. The van der Waals surface area contributed by atoms with Gasteiger partial charge in [0.2, 0.25) is 5.88 Å². The van der Waals surface area contributed by atoms with Crippen molar-refractivity contribution in [2.75, 3.05) is 6.61 Å². The van der Waals surface area contributed by atoms with Gasteiger partial charge in [0, 0.05) is 29.4 Å². The van der Waals surface area contributed by atoms with Crippen molar-refractivity contribution in [2.24, 2.45) is 0 Å². The Hall–Kier alpha value is -2.62. The van der Waals surface area contributed by atoms with Gasteiger partial charge in [-0.15, -0.1) is 0 Å². The van der Waals surface area contributed by atoms with Gasteiger partial charge in [-0.2, -0.15) is 22.5 Å². The van der Waals surface area contributed by atoms with Gasteiger partial charge in [0.05, 0.1) is 0 Å². The number of rotatable bonds is 3. The number of hydrogen-bond donors (Lipinski definition) is 1. The Labute approximate surface area is 131 Å². The molecule has 3 rings (SSSR count). The molecular weight excluding hydrogens is 335 g/mol. The highest BCUT2D eigenvalue weighted by molar-refractivity contribution is 7.07. The number of halogens is 3. The SMILES string of the molecule is OC1=C(C(F)(F)F)C(c2nsc(Oc3ccccn3)n2)=CCO1. The summed E-state index contributed by atoms with van der Waals surface area (Å²) < 4.78 is 52.8. The summed E-state index contributed by atoms with van der Waals surface area (Å²) in [7, 11) is 0. The molecule has 0 amide bonds. The first-order valence-corrected chi connectivity index (χ1v) is 6.99. The fourth-order valence-electron chi connectivity index (χ4n) is 1.83. The second-order valence-corrected chi connectivity index (χ2v) is 4.98. The first-order chi connectivity index (χ1) is 10.9. The monoisotopic (exact) mass is 343 g/mol. The van der Waals surface area contributed by atoms with Gasteiger partial charge in [0.15, 0.2) is 5.82 Å². The standard InChI is InChI=1S/C13H8F3N3O3S/c14-13(15,16)9-7(4-6-21-11(9)20)10-18-12(23-19-10)22-8-3-1-2-5-17-8/h1-5,20H,6H2. The van der Waals surface area contributed by atoms with Gasteiger partial charge in [0.1, 0.15) is 12.2 Å². The molecule has 2 aromatic rings. The summed E-state index contributed by atoms with van der Waals surface area (Å²) in [6.07, 6.45) is -2.15. The van der Waals surface area contributed by atoms with E-state index in [0.717, 1.165) is 17.6 Å². The number of aliphatic hydroxyl groups excluding tert-OH is 1. The van der Waals surface area contributed by atoms with Crippen molar-refractivity contribution < 1.29 is 27.8 Å². The van der Waals surface area contributed by atoms with Crippen LogP contribution in [0.2, 0.25) is 0 Å². The van der Waals surface area contributed by atoms with Crippen LogP contribution in [0.3, 0.4) is 0 Å². The maximum absolute atomic E-state index is 13.0. The summed E-state index contributed by atoms with van der Waals surface area (Å²) in [6.45, 7) is -0.212. The lowest BCUT2D eigenvalue weighted by Crippen LogP contribution is -2.20. The van der Waals surface area contributed by atoms with Crippen LogP contribution in [0.1, 0.15) is 5.82 Å². The Kier molecular flexibility index (Phi) is 3.90. The molecule has 6 nitrogen and oxygen atoms in total. The first kappa shape index (κ1) is 15.3. The molecule has 0 unspecified atom stereocenters. The maximum atomic E-state index is 13.0. The molecule has 2 aromatic heterocycles. The third kappa shape index (κ3) is 3.26. The van der Waals surface area contributed by atoms with Gasteiger partial charge in [0.25, 0.3) is 11.1 Å². The van der Waals surface area contributed by atoms with Crippen molar-refractivity contribution in [3.05, 3.63) is 47.8 Å². The third-order valence-electron chi connectivity index (χ3n) is 2.75. The normalized spacial score (nSPS) is 15.2. The van der Waals surface area contributed by atoms with Crippen molar-refractivity contribution in [2.45, 2.75) is 6.18 Å². The van der Waals surface area contributed by atoms with Gasteiger partial charge in [-0.05, 0) is 12.1 Å². The Bertz CT molecular complexity index is 772. The van der Waals surface area contributed by atoms with E-state index in [1.54, 1.807) is 18.2 Å². The summed E-state index contributed by atoms with van der Waals surface area (Å²) in [5.41, 5.74) is -1.67. The molecule has 0 atom stereocenters. The van der Waals surface area contributed by atoms with Gasteiger partial charge in [-0.1, -0.05) is 6.07 Å². The first-order valence-electron chi connectivity index (χ1n) is 6.22. The van der Waals surface area contributed by atoms with Gasteiger partial charge in [-0.3, -0.25) is 0 Å². The zero-order chi connectivity index (χ0) is 16.4. The molecule has 1 aliphatic heterocycles. The topological polar surface area (TPSA) is 77.4 Å². The molecule has 0 bridgehead atoms. The lowest BCUT2D eigenvalue weighted by molar-refractivity contribution is -0.0959. The molecule has 0 fully saturated rings. The predicted molar refractivity (Wildman–Crippen MR) is 73.9 cm³/mol. The smallest absolute Gasteiger partial charge is 0.423 e. The zero-order valence-electron chi connectivity index (χ0n) is 11.2. The second kappa shape index (κ2) is 5.88. The van der Waals surface area contributed by atoms with E-state index >= 15 is 0 Å². The van der Waals surface area contributed by atoms with Gasteiger partial charge in [-0.25, -0.2) is 4.98 Å². The Morgan fingerprint density at radius 2 is 2.13 bits per heavy atom. The van der Waals surface area contributed by atoms with E-state index in [4.69, 9.17) is 4.74 Å². The quantitative estimate of drug-likeness (QED) is 0.919. The lowest BCUT2D eigenvalue weighted by atomic mass is 10.0. The second-order valence-electron chi connectivity index (χ2n) is 4.26. The minimum Gasteiger partial charge on any atom is -0.481 e. The molecule has 0 aromatic carbocycles. The Balaban J connectivity index is 1.89. The van der Waals surface area contributed by atoms with Crippen LogP contribution in [-0.4, -0.2) is 32.2 Å². The average molecular weight is 343 g/mol. The maximum Gasteiger partial charge on any atom is 0.423 e. The Morgan fingerprint density at radius 1 is 1.30 bits per heavy atom. The van der Waals surface area contributed by atoms with Crippen molar-refractivity contribution >= 4 is 17.1 Å². The molecule has 3 heterocycles. The van der Waals surface area contributed by atoms with Crippen molar-refractivity contribution in [1.82, 2.24) is 14.3 Å². The number of hydrogen-bond acceptors (Lipinski definition) is 7. The lowest BCUT2D eigenvalue weighted by Gasteiger charge is -2.18. The predicted octanol–water partition coefficient (Wildman–Crippen LogP) is 3.47. The summed E-state index contributed by atoms with van der Waals surface area (Å²) >= 11 is 0.775. The molecule has 0 spiro atoms. The van der Waals surface area contributed by atoms with E-state index < -0.39 is 17.7 Å². The number of aliphatic hydroxyl groups is 1. The molecule has 0 saturated heterocycles. The number of allylic oxidation sites excluding steroid dienone is 2. The molecule has 0 radical (unpaired) electrons. The largest absolute Gasteiger partial charge is 0.481 e. The van der Waals surface area contributed by atoms with Crippen molar-refractivity contribution in [3.8, 4) is 11.1 Å². The highest BCUT2D eigenvalue weighted by atomic mass is 32.1. The average Bonchev–Trinajstić information content (AvgIpc) is 2.95. The highest BCUT2D eigenvalue weighted by Gasteiger charge is 2.43. The molecule has 0 saturated carbocycles. The molecule has 0 aliphatic carbocycles. The number of pyridine rings is 1.